The Morgan fingerprint density at radius 2 is 2.04 bits per heavy atom. The maximum Gasteiger partial charge on any atom is 0.344 e. The van der Waals surface area contributed by atoms with Gasteiger partial charge in [0.15, 0.2) is 5.65 Å². The van der Waals surface area contributed by atoms with Crippen LogP contribution in [0.1, 0.15) is 50.0 Å². The standard InChI is InChI=1S/C20H24N4O3/c1-4-26-19(25)15-16-18(23-14-8-6-5-7-13(14)22-16)24(17(15)21)12-9-10-27-20(2,3)11-12/h5-8,12H,4,9-11,21H2,1-3H3. The van der Waals surface area contributed by atoms with Gasteiger partial charge in [0.2, 0.25) is 0 Å². The van der Waals surface area contributed by atoms with Crippen molar-refractivity contribution < 1.29 is 14.3 Å². The molecule has 0 saturated carbocycles. The lowest BCUT2D eigenvalue weighted by Crippen LogP contribution is -2.35. The van der Waals surface area contributed by atoms with Crippen molar-refractivity contribution in [1.29, 1.82) is 0 Å². The predicted molar refractivity (Wildman–Crippen MR) is 104 cm³/mol. The minimum atomic E-state index is -0.463. The Balaban J connectivity index is 1.98. The zero-order valence-corrected chi connectivity index (χ0v) is 15.9. The molecule has 1 unspecified atom stereocenters. The second kappa shape index (κ2) is 6.49. The lowest BCUT2D eigenvalue weighted by Gasteiger charge is -2.36. The number of fused-ring (bicyclic) bond motifs is 2. The maximum absolute atomic E-state index is 12.6. The average molecular weight is 368 g/mol. The molecular weight excluding hydrogens is 344 g/mol. The topological polar surface area (TPSA) is 92.3 Å². The van der Waals surface area contributed by atoms with Gasteiger partial charge in [-0.1, -0.05) is 12.1 Å². The molecule has 1 fully saturated rings. The molecule has 3 heterocycles. The molecule has 4 rings (SSSR count). The number of nitrogens with two attached hydrogens (primary N) is 1. The Labute approximate surface area is 157 Å². The highest BCUT2D eigenvalue weighted by molar-refractivity contribution is 6.08. The van der Waals surface area contributed by atoms with E-state index in [1.54, 1.807) is 6.92 Å². The SMILES string of the molecule is CCOC(=O)c1c(N)n(C2CCOC(C)(C)C2)c2nc3ccccc3nc12. The number of carbonyl (C=O) groups excluding carboxylic acids is 1. The lowest BCUT2D eigenvalue weighted by molar-refractivity contribution is -0.0682. The highest BCUT2D eigenvalue weighted by Gasteiger charge is 2.34. The highest BCUT2D eigenvalue weighted by Crippen LogP contribution is 2.38. The largest absolute Gasteiger partial charge is 0.462 e. The highest BCUT2D eigenvalue weighted by atomic mass is 16.5. The molecule has 1 saturated heterocycles. The summed E-state index contributed by atoms with van der Waals surface area (Å²) in [6.45, 7) is 6.81. The molecule has 1 aliphatic rings. The van der Waals surface area contributed by atoms with Gasteiger partial charge in [0.1, 0.15) is 16.9 Å². The Morgan fingerprint density at radius 3 is 2.70 bits per heavy atom. The second-order valence-electron chi connectivity index (χ2n) is 7.49. The number of hydrogen-bond acceptors (Lipinski definition) is 6. The number of esters is 1. The summed E-state index contributed by atoms with van der Waals surface area (Å²) in [6, 6.07) is 7.68. The van der Waals surface area contributed by atoms with Crippen molar-refractivity contribution in [1.82, 2.24) is 14.5 Å². The van der Waals surface area contributed by atoms with Crippen LogP contribution in [-0.2, 0) is 9.47 Å². The van der Waals surface area contributed by atoms with E-state index in [4.69, 9.17) is 25.2 Å². The number of carbonyl (C=O) groups is 1. The number of benzene rings is 1. The van der Waals surface area contributed by atoms with E-state index < -0.39 is 5.97 Å². The number of anilines is 1. The van der Waals surface area contributed by atoms with E-state index in [1.807, 2.05) is 28.8 Å². The third kappa shape index (κ3) is 3.02. The molecular formula is C20H24N4O3. The van der Waals surface area contributed by atoms with Crippen LogP contribution in [0.2, 0.25) is 0 Å². The number of ether oxygens (including phenoxy) is 2. The van der Waals surface area contributed by atoms with Crippen LogP contribution in [0.25, 0.3) is 22.2 Å². The van der Waals surface area contributed by atoms with Gasteiger partial charge in [0, 0.05) is 12.6 Å². The molecule has 7 nitrogen and oxygen atoms in total. The van der Waals surface area contributed by atoms with Gasteiger partial charge in [-0.25, -0.2) is 14.8 Å². The smallest absolute Gasteiger partial charge is 0.344 e. The molecule has 142 valence electrons. The summed E-state index contributed by atoms with van der Waals surface area (Å²) in [5, 5.41) is 0. The van der Waals surface area contributed by atoms with E-state index in [2.05, 4.69) is 13.8 Å². The van der Waals surface area contributed by atoms with E-state index >= 15 is 0 Å². The van der Waals surface area contributed by atoms with E-state index in [0.717, 1.165) is 23.9 Å². The molecule has 0 radical (unpaired) electrons. The summed E-state index contributed by atoms with van der Waals surface area (Å²) in [4.78, 5) is 22.1. The van der Waals surface area contributed by atoms with Gasteiger partial charge in [0.25, 0.3) is 0 Å². The number of aromatic nitrogens is 3. The van der Waals surface area contributed by atoms with Gasteiger partial charge < -0.3 is 19.8 Å². The molecule has 0 spiro atoms. The number of nitrogen functional groups attached to an aromatic ring is 1. The molecule has 2 N–H and O–H groups in total. The minimum absolute atomic E-state index is 0.0786. The van der Waals surface area contributed by atoms with Crippen molar-refractivity contribution in [3.05, 3.63) is 29.8 Å². The monoisotopic (exact) mass is 368 g/mol. The van der Waals surface area contributed by atoms with Crippen LogP contribution in [0, 0.1) is 0 Å². The Kier molecular flexibility index (Phi) is 4.26. The van der Waals surface area contributed by atoms with Crippen LogP contribution in [0.5, 0.6) is 0 Å². The summed E-state index contributed by atoms with van der Waals surface area (Å²) < 4.78 is 13.0. The molecule has 2 aromatic heterocycles. The van der Waals surface area contributed by atoms with Crippen molar-refractivity contribution in [2.24, 2.45) is 0 Å². The van der Waals surface area contributed by atoms with Gasteiger partial charge in [0.05, 0.1) is 23.2 Å². The lowest BCUT2D eigenvalue weighted by atomic mass is 9.94. The summed E-state index contributed by atoms with van der Waals surface area (Å²) >= 11 is 0. The van der Waals surface area contributed by atoms with E-state index in [9.17, 15) is 4.79 Å². The Bertz CT molecular complexity index is 1020. The summed E-state index contributed by atoms with van der Waals surface area (Å²) in [5.41, 5.74) is 9.12. The molecule has 7 heteroatoms. The Morgan fingerprint density at radius 1 is 1.33 bits per heavy atom. The molecule has 3 aromatic rings. The van der Waals surface area contributed by atoms with Gasteiger partial charge in [-0.05, 0) is 45.7 Å². The number of nitrogens with zero attached hydrogens (tertiary/aromatic N) is 3. The van der Waals surface area contributed by atoms with E-state index in [-0.39, 0.29) is 18.2 Å². The van der Waals surface area contributed by atoms with Crippen LogP contribution >= 0.6 is 0 Å². The molecule has 1 aromatic carbocycles. The Hall–Kier alpha value is -2.67. The van der Waals surface area contributed by atoms with E-state index in [1.165, 1.54) is 0 Å². The maximum atomic E-state index is 12.6. The van der Waals surface area contributed by atoms with Crippen molar-refractivity contribution in [3.8, 4) is 0 Å². The fraction of sp³-hybridized carbons (Fsp3) is 0.450. The first-order chi connectivity index (χ1) is 12.9. The normalized spacial score (nSPS) is 19.4. The van der Waals surface area contributed by atoms with Gasteiger partial charge in [-0.15, -0.1) is 0 Å². The average Bonchev–Trinajstić information content (AvgIpc) is 2.90. The molecule has 0 bridgehead atoms. The molecule has 0 aliphatic carbocycles. The number of para-hydroxylation sites is 2. The fourth-order valence-electron chi connectivity index (χ4n) is 3.88. The third-order valence-electron chi connectivity index (χ3n) is 5.05. The van der Waals surface area contributed by atoms with Crippen molar-refractivity contribution >= 4 is 34.0 Å². The van der Waals surface area contributed by atoms with Gasteiger partial charge in [-0.3, -0.25) is 0 Å². The summed E-state index contributed by atoms with van der Waals surface area (Å²) in [6.07, 6.45) is 1.58. The van der Waals surface area contributed by atoms with Crippen LogP contribution in [-0.4, -0.2) is 39.3 Å². The van der Waals surface area contributed by atoms with Crippen LogP contribution in [0.3, 0.4) is 0 Å². The first-order valence-electron chi connectivity index (χ1n) is 9.28. The number of rotatable bonds is 3. The van der Waals surface area contributed by atoms with Crippen molar-refractivity contribution in [3.63, 3.8) is 0 Å². The van der Waals surface area contributed by atoms with Crippen LogP contribution < -0.4 is 5.73 Å². The van der Waals surface area contributed by atoms with Crippen LogP contribution in [0.4, 0.5) is 5.82 Å². The molecule has 27 heavy (non-hydrogen) atoms. The second-order valence-corrected chi connectivity index (χ2v) is 7.49. The summed E-state index contributed by atoms with van der Waals surface area (Å²) in [5.74, 6) is -0.101. The minimum Gasteiger partial charge on any atom is -0.462 e. The first-order valence-corrected chi connectivity index (χ1v) is 9.28. The summed E-state index contributed by atoms with van der Waals surface area (Å²) in [7, 11) is 0. The van der Waals surface area contributed by atoms with Crippen molar-refractivity contribution in [2.75, 3.05) is 18.9 Å². The fourth-order valence-corrected chi connectivity index (χ4v) is 3.88. The molecule has 1 atom stereocenters. The van der Waals surface area contributed by atoms with Crippen molar-refractivity contribution in [2.45, 2.75) is 45.3 Å². The predicted octanol–water partition coefficient (Wildman–Crippen LogP) is 3.47. The van der Waals surface area contributed by atoms with E-state index in [0.29, 0.717) is 29.2 Å². The van der Waals surface area contributed by atoms with Crippen LogP contribution in [0.15, 0.2) is 24.3 Å². The third-order valence-corrected chi connectivity index (χ3v) is 5.05. The molecule has 0 amide bonds. The number of hydrogen-bond donors (Lipinski definition) is 1. The zero-order valence-electron chi connectivity index (χ0n) is 15.9. The first kappa shape index (κ1) is 17.7. The van der Waals surface area contributed by atoms with Gasteiger partial charge >= 0.3 is 5.97 Å². The van der Waals surface area contributed by atoms with Gasteiger partial charge in [-0.2, -0.15) is 0 Å². The molecule has 1 aliphatic heterocycles. The quantitative estimate of drug-likeness (QED) is 0.712. The zero-order chi connectivity index (χ0) is 19.2.